The van der Waals surface area contributed by atoms with E-state index < -0.39 is 10.0 Å². The Bertz CT molecular complexity index is 1160. The van der Waals surface area contributed by atoms with Gasteiger partial charge in [0.2, 0.25) is 15.9 Å². The highest BCUT2D eigenvalue weighted by Crippen LogP contribution is 2.30. The molecule has 0 spiro atoms. The van der Waals surface area contributed by atoms with Crippen molar-refractivity contribution in [2.75, 3.05) is 13.1 Å². The van der Waals surface area contributed by atoms with Crippen molar-refractivity contribution in [1.82, 2.24) is 14.6 Å². The van der Waals surface area contributed by atoms with Crippen molar-refractivity contribution >= 4 is 60.7 Å². The molecule has 0 saturated carbocycles. The molecule has 2 aromatic carbocycles. The number of nitrogens with one attached hydrogen (secondary N) is 1. The van der Waals surface area contributed by atoms with E-state index in [-0.39, 0.29) is 34.8 Å². The van der Waals surface area contributed by atoms with Crippen LogP contribution in [-0.4, -0.2) is 36.7 Å². The largest absolute Gasteiger partial charge is 0.349 e. The van der Waals surface area contributed by atoms with Crippen molar-refractivity contribution in [3.05, 3.63) is 57.5 Å². The van der Waals surface area contributed by atoms with Gasteiger partial charge in [0.15, 0.2) is 0 Å². The van der Waals surface area contributed by atoms with Crippen LogP contribution < -0.4 is 5.32 Å². The molecule has 1 fully saturated rings. The van der Waals surface area contributed by atoms with Crippen LogP contribution in [0, 0.1) is 5.92 Å². The van der Waals surface area contributed by atoms with E-state index >= 15 is 0 Å². The second-order valence-electron chi connectivity index (χ2n) is 7.05. The third kappa shape index (κ3) is 4.48. The van der Waals surface area contributed by atoms with Crippen molar-refractivity contribution in [3.63, 3.8) is 0 Å². The van der Waals surface area contributed by atoms with E-state index in [4.69, 9.17) is 23.2 Å². The molecule has 1 aliphatic rings. The molecule has 1 N–H and O–H groups in total. The first kappa shape index (κ1) is 21.5. The van der Waals surface area contributed by atoms with E-state index in [1.165, 1.54) is 16.4 Å². The van der Waals surface area contributed by atoms with Gasteiger partial charge in [-0.3, -0.25) is 4.79 Å². The Morgan fingerprint density at radius 1 is 1.17 bits per heavy atom. The summed E-state index contributed by atoms with van der Waals surface area (Å²) >= 11 is 13.6. The molecular formula is C20H19Cl2N3O3S2. The SMILES string of the molecule is O=C(NCc1nc2ccccc2s1)C1CCN(S(=O)(=O)c2cc(Cl)ccc2Cl)CC1. The lowest BCUT2D eigenvalue weighted by Crippen LogP contribution is -2.42. The van der Waals surface area contributed by atoms with Crippen LogP contribution in [0.25, 0.3) is 10.2 Å². The fourth-order valence-corrected chi connectivity index (χ4v) is 6.59. The van der Waals surface area contributed by atoms with Crippen LogP contribution in [0.5, 0.6) is 0 Å². The lowest BCUT2D eigenvalue weighted by atomic mass is 9.97. The first-order valence-electron chi connectivity index (χ1n) is 9.42. The van der Waals surface area contributed by atoms with E-state index in [0.717, 1.165) is 15.2 Å². The molecule has 2 heterocycles. The van der Waals surface area contributed by atoms with Crippen molar-refractivity contribution in [1.29, 1.82) is 0 Å². The van der Waals surface area contributed by atoms with E-state index in [2.05, 4.69) is 10.3 Å². The fraction of sp³-hybridized carbons (Fsp3) is 0.300. The lowest BCUT2D eigenvalue weighted by molar-refractivity contribution is -0.126. The number of nitrogens with zero attached hydrogens (tertiary/aromatic N) is 2. The molecule has 0 radical (unpaired) electrons. The second kappa shape index (κ2) is 8.80. The summed E-state index contributed by atoms with van der Waals surface area (Å²) in [5.74, 6) is -0.312. The molecule has 4 rings (SSSR count). The lowest BCUT2D eigenvalue weighted by Gasteiger charge is -2.30. The number of aromatic nitrogens is 1. The van der Waals surface area contributed by atoms with Crippen molar-refractivity contribution in [3.8, 4) is 0 Å². The number of amides is 1. The van der Waals surface area contributed by atoms with Crippen LogP contribution in [0.15, 0.2) is 47.4 Å². The third-order valence-corrected chi connectivity index (χ3v) is 8.74. The van der Waals surface area contributed by atoms with Crippen LogP contribution >= 0.6 is 34.5 Å². The van der Waals surface area contributed by atoms with E-state index in [0.29, 0.717) is 24.4 Å². The number of thiazole rings is 1. The molecule has 1 aliphatic heterocycles. The minimum absolute atomic E-state index is 0.00426. The van der Waals surface area contributed by atoms with Gasteiger partial charge in [-0.2, -0.15) is 4.31 Å². The Morgan fingerprint density at radius 3 is 2.63 bits per heavy atom. The molecule has 158 valence electrons. The van der Waals surface area contributed by atoms with Crippen LogP contribution in [0.4, 0.5) is 0 Å². The summed E-state index contributed by atoms with van der Waals surface area (Å²) in [6.45, 7) is 0.879. The van der Waals surface area contributed by atoms with Crippen molar-refractivity contribution in [2.45, 2.75) is 24.3 Å². The molecule has 30 heavy (non-hydrogen) atoms. The van der Waals surface area contributed by atoms with Gasteiger partial charge in [0.25, 0.3) is 0 Å². The first-order chi connectivity index (χ1) is 14.3. The second-order valence-corrected chi connectivity index (χ2v) is 10.9. The minimum Gasteiger partial charge on any atom is -0.349 e. The Labute approximate surface area is 188 Å². The molecule has 1 amide bonds. The number of carbonyl (C=O) groups is 1. The fourth-order valence-electron chi connectivity index (χ4n) is 3.47. The van der Waals surface area contributed by atoms with E-state index in [1.54, 1.807) is 17.4 Å². The average Bonchev–Trinajstić information content (AvgIpc) is 3.17. The number of fused-ring (bicyclic) bond motifs is 1. The molecule has 0 aliphatic carbocycles. The molecule has 0 unspecified atom stereocenters. The summed E-state index contributed by atoms with van der Waals surface area (Å²) in [5.41, 5.74) is 0.921. The van der Waals surface area contributed by atoms with Crippen LogP contribution in [0.2, 0.25) is 10.0 Å². The quantitative estimate of drug-likeness (QED) is 0.585. The number of hydrogen-bond acceptors (Lipinski definition) is 5. The number of sulfonamides is 1. The number of carbonyl (C=O) groups excluding carboxylic acids is 1. The number of hydrogen-bond donors (Lipinski definition) is 1. The van der Waals surface area contributed by atoms with Gasteiger partial charge in [0.05, 0.1) is 21.8 Å². The predicted molar refractivity (Wildman–Crippen MR) is 119 cm³/mol. The zero-order chi connectivity index (χ0) is 21.3. The average molecular weight is 484 g/mol. The number of rotatable bonds is 5. The zero-order valence-electron chi connectivity index (χ0n) is 15.8. The topological polar surface area (TPSA) is 79.4 Å². The van der Waals surface area contributed by atoms with Gasteiger partial charge in [-0.1, -0.05) is 35.3 Å². The monoisotopic (exact) mass is 483 g/mol. The minimum atomic E-state index is -3.76. The predicted octanol–water partition coefficient (Wildman–Crippen LogP) is 4.32. The van der Waals surface area contributed by atoms with Gasteiger partial charge >= 0.3 is 0 Å². The van der Waals surface area contributed by atoms with Crippen LogP contribution in [0.1, 0.15) is 17.8 Å². The van der Waals surface area contributed by atoms with Gasteiger partial charge < -0.3 is 5.32 Å². The summed E-state index contributed by atoms with van der Waals surface area (Å²) in [4.78, 5) is 17.1. The molecule has 6 nitrogen and oxygen atoms in total. The van der Waals surface area contributed by atoms with E-state index in [9.17, 15) is 13.2 Å². The van der Waals surface area contributed by atoms with Gasteiger partial charge in [-0.15, -0.1) is 11.3 Å². The Kier molecular flexibility index (Phi) is 6.31. The standard InChI is InChI=1S/C20H19Cl2N3O3S2/c21-14-5-6-15(22)18(11-14)30(27,28)25-9-7-13(8-10-25)20(26)23-12-19-24-16-3-1-2-4-17(16)29-19/h1-6,11,13H,7-10,12H2,(H,23,26). The van der Waals surface area contributed by atoms with Gasteiger partial charge in [-0.05, 0) is 43.2 Å². The third-order valence-electron chi connectivity index (χ3n) is 5.09. The van der Waals surface area contributed by atoms with Crippen LogP contribution in [-0.2, 0) is 21.4 Å². The zero-order valence-corrected chi connectivity index (χ0v) is 19.0. The van der Waals surface area contributed by atoms with Gasteiger partial charge in [0.1, 0.15) is 9.90 Å². The molecule has 0 atom stereocenters. The number of benzene rings is 2. The van der Waals surface area contributed by atoms with Crippen LogP contribution in [0.3, 0.4) is 0 Å². The smallest absolute Gasteiger partial charge is 0.244 e. The highest BCUT2D eigenvalue weighted by atomic mass is 35.5. The molecular weight excluding hydrogens is 465 g/mol. The maximum atomic E-state index is 12.9. The molecule has 10 heteroatoms. The maximum Gasteiger partial charge on any atom is 0.244 e. The summed E-state index contributed by atoms with van der Waals surface area (Å²) in [6, 6.07) is 12.2. The molecule has 1 aromatic heterocycles. The summed E-state index contributed by atoms with van der Waals surface area (Å²) in [6.07, 6.45) is 0.895. The Balaban J connectivity index is 1.35. The van der Waals surface area contributed by atoms with E-state index in [1.807, 2.05) is 24.3 Å². The van der Waals surface area contributed by atoms with Crippen molar-refractivity contribution in [2.24, 2.45) is 5.92 Å². The maximum absolute atomic E-state index is 12.9. The normalized spacial score (nSPS) is 16.1. The number of halogens is 2. The van der Waals surface area contributed by atoms with Gasteiger partial charge in [-0.25, -0.2) is 13.4 Å². The van der Waals surface area contributed by atoms with Gasteiger partial charge in [0, 0.05) is 24.0 Å². The Morgan fingerprint density at radius 2 is 1.90 bits per heavy atom. The molecule has 0 bridgehead atoms. The highest BCUT2D eigenvalue weighted by Gasteiger charge is 2.33. The number of piperidine rings is 1. The molecule has 3 aromatic rings. The first-order valence-corrected chi connectivity index (χ1v) is 12.4. The summed E-state index contributed by atoms with van der Waals surface area (Å²) < 4.78 is 28.3. The summed E-state index contributed by atoms with van der Waals surface area (Å²) in [7, 11) is -3.76. The Hall–Kier alpha value is -1.71. The highest BCUT2D eigenvalue weighted by molar-refractivity contribution is 7.89. The molecule has 1 saturated heterocycles. The summed E-state index contributed by atoms with van der Waals surface area (Å²) in [5, 5.41) is 4.22. The van der Waals surface area contributed by atoms with Crippen molar-refractivity contribution < 1.29 is 13.2 Å². The number of para-hydroxylation sites is 1.